The maximum atomic E-state index is 5.92. The third kappa shape index (κ3) is 3.84. The van der Waals surface area contributed by atoms with Gasteiger partial charge >= 0.3 is 0 Å². The normalized spacial score (nSPS) is 12.1. The highest BCUT2D eigenvalue weighted by atomic mass is 127. The minimum absolute atomic E-state index is 0.0311. The monoisotopic (exact) mass is 354 g/mol. The van der Waals surface area contributed by atoms with Crippen LogP contribution in [0.15, 0.2) is 18.2 Å². The standard InChI is InChI=1S/C11H9Cl2IO/c1-2-5-15-11(7-14)8-3-4-9(12)10(13)6-8/h1,3-4,6,11H,5,7H2. The Bertz CT molecular complexity index is 373. The summed E-state index contributed by atoms with van der Waals surface area (Å²) in [4.78, 5) is 0. The predicted molar refractivity (Wildman–Crippen MR) is 72.9 cm³/mol. The number of hydrogen-bond acceptors (Lipinski definition) is 1. The van der Waals surface area contributed by atoms with E-state index < -0.39 is 0 Å². The first kappa shape index (κ1) is 13.1. The van der Waals surface area contributed by atoms with Crippen LogP contribution in [0.2, 0.25) is 10.0 Å². The molecule has 0 saturated carbocycles. The molecule has 0 radical (unpaired) electrons. The lowest BCUT2D eigenvalue weighted by molar-refractivity contribution is 0.0984. The molecular formula is C11H9Cl2IO. The summed E-state index contributed by atoms with van der Waals surface area (Å²) >= 11 is 14.0. The van der Waals surface area contributed by atoms with E-state index in [2.05, 4.69) is 28.5 Å². The minimum Gasteiger partial charge on any atom is -0.360 e. The van der Waals surface area contributed by atoms with Gasteiger partial charge in [-0.2, -0.15) is 0 Å². The van der Waals surface area contributed by atoms with Crippen molar-refractivity contribution in [3.8, 4) is 12.3 Å². The third-order valence-corrected chi connectivity index (χ3v) is 3.36. The van der Waals surface area contributed by atoms with Gasteiger partial charge < -0.3 is 4.74 Å². The van der Waals surface area contributed by atoms with Crippen LogP contribution in [-0.2, 0) is 4.74 Å². The maximum absolute atomic E-state index is 5.92. The summed E-state index contributed by atoms with van der Waals surface area (Å²) in [6, 6.07) is 5.47. The first-order chi connectivity index (χ1) is 7.19. The fraction of sp³-hybridized carbons (Fsp3) is 0.273. The first-order valence-electron chi connectivity index (χ1n) is 4.25. The number of hydrogen-bond donors (Lipinski definition) is 0. The zero-order chi connectivity index (χ0) is 11.3. The molecule has 1 unspecified atom stereocenters. The van der Waals surface area contributed by atoms with E-state index in [1.807, 2.05) is 12.1 Å². The fourth-order valence-electron chi connectivity index (χ4n) is 1.09. The number of alkyl halides is 1. The van der Waals surface area contributed by atoms with E-state index in [4.69, 9.17) is 34.4 Å². The van der Waals surface area contributed by atoms with Gasteiger partial charge in [0.25, 0.3) is 0 Å². The van der Waals surface area contributed by atoms with Gasteiger partial charge in [0.15, 0.2) is 0 Å². The van der Waals surface area contributed by atoms with Crippen molar-refractivity contribution in [3.05, 3.63) is 33.8 Å². The average Bonchev–Trinajstić information content (AvgIpc) is 2.24. The highest BCUT2D eigenvalue weighted by molar-refractivity contribution is 14.1. The maximum Gasteiger partial charge on any atom is 0.108 e. The molecule has 0 saturated heterocycles. The molecule has 1 aromatic carbocycles. The number of rotatable bonds is 4. The second-order valence-electron chi connectivity index (χ2n) is 2.83. The molecule has 1 rings (SSSR count). The van der Waals surface area contributed by atoms with Gasteiger partial charge in [-0.15, -0.1) is 6.42 Å². The van der Waals surface area contributed by atoms with E-state index in [0.29, 0.717) is 16.7 Å². The second-order valence-corrected chi connectivity index (χ2v) is 4.53. The van der Waals surface area contributed by atoms with Crippen LogP contribution in [0.4, 0.5) is 0 Å². The molecule has 80 valence electrons. The first-order valence-corrected chi connectivity index (χ1v) is 6.53. The molecular weight excluding hydrogens is 346 g/mol. The van der Waals surface area contributed by atoms with Gasteiger partial charge in [0.2, 0.25) is 0 Å². The largest absolute Gasteiger partial charge is 0.360 e. The van der Waals surface area contributed by atoms with Crippen LogP contribution in [0.1, 0.15) is 11.7 Å². The van der Waals surface area contributed by atoms with Crippen LogP contribution >= 0.6 is 45.8 Å². The van der Waals surface area contributed by atoms with Crippen molar-refractivity contribution in [3.63, 3.8) is 0 Å². The zero-order valence-electron chi connectivity index (χ0n) is 7.84. The van der Waals surface area contributed by atoms with E-state index in [1.165, 1.54) is 0 Å². The molecule has 4 heteroatoms. The summed E-state index contributed by atoms with van der Waals surface area (Å²) in [6.07, 6.45) is 5.11. The van der Waals surface area contributed by atoms with Crippen molar-refractivity contribution in [1.29, 1.82) is 0 Å². The Kier molecular flexibility index (Phi) is 5.77. The second kappa shape index (κ2) is 6.59. The van der Waals surface area contributed by atoms with Gasteiger partial charge in [0.05, 0.1) is 16.1 Å². The third-order valence-electron chi connectivity index (χ3n) is 1.82. The Balaban J connectivity index is 2.83. The number of terminal acetylenes is 1. The Morgan fingerprint density at radius 1 is 1.40 bits per heavy atom. The predicted octanol–water partition coefficient (Wildman–Crippen LogP) is 4.12. The lowest BCUT2D eigenvalue weighted by atomic mass is 10.1. The lowest BCUT2D eigenvalue weighted by Gasteiger charge is -2.14. The highest BCUT2D eigenvalue weighted by Gasteiger charge is 2.11. The summed E-state index contributed by atoms with van der Waals surface area (Å²) in [5, 5.41) is 1.08. The quantitative estimate of drug-likeness (QED) is 0.449. The Hall–Kier alpha value is 0.0500. The molecule has 0 aliphatic rings. The Morgan fingerprint density at radius 3 is 2.67 bits per heavy atom. The van der Waals surface area contributed by atoms with Crippen molar-refractivity contribution >= 4 is 45.8 Å². The van der Waals surface area contributed by atoms with E-state index in [9.17, 15) is 0 Å². The molecule has 0 N–H and O–H groups in total. The Morgan fingerprint density at radius 2 is 2.13 bits per heavy atom. The number of ether oxygens (including phenoxy) is 1. The molecule has 0 aliphatic carbocycles. The van der Waals surface area contributed by atoms with Gasteiger partial charge in [-0.05, 0) is 17.7 Å². The zero-order valence-corrected chi connectivity index (χ0v) is 11.5. The lowest BCUT2D eigenvalue weighted by Crippen LogP contribution is -2.06. The molecule has 0 heterocycles. The van der Waals surface area contributed by atoms with Crippen molar-refractivity contribution in [1.82, 2.24) is 0 Å². The van der Waals surface area contributed by atoms with Crippen molar-refractivity contribution in [2.75, 3.05) is 11.0 Å². The van der Waals surface area contributed by atoms with Crippen LogP contribution in [0.5, 0.6) is 0 Å². The van der Waals surface area contributed by atoms with Gasteiger partial charge in [-0.1, -0.05) is 57.8 Å². The molecule has 0 fully saturated rings. The van der Waals surface area contributed by atoms with Gasteiger partial charge in [0.1, 0.15) is 6.61 Å². The smallest absolute Gasteiger partial charge is 0.108 e. The molecule has 0 aromatic heterocycles. The molecule has 0 bridgehead atoms. The van der Waals surface area contributed by atoms with Crippen LogP contribution in [0, 0.1) is 12.3 Å². The van der Waals surface area contributed by atoms with E-state index in [1.54, 1.807) is 6.07 Å². The molecule has 0 amide bonds. The van der Waals surface area contributed by atoms with Gasteiger partial charge in [-0.25, -0.2) is 0 Å². The van der Waals surface area contributed by atoms with Crippen LogP contribution in [-0.4, -0.2) is 11.0 Å². The molecule has 1 atom stereocenters. The van der Waals surface area contributed by atoms with Crippen molar-refractivity contribution in [2.45, 2.75) is 6.10 Å². The molecule has 0 aliphatic heterocycles. The Labute approximate surface area is 113 Å². The number of halogens is 3. The average molecular weight is 355 g/mol. The van der Waals surface area contributed by atoms with Gasteiger partial charge in [0, 0.05) is 4.43 Å². The van der Waals surface area contributed by atoms with E-state index in [-0.39, 0.29) is 6.10 Å². The number of benzene rings is 1. The van der Waals surface area contributed by atoms with Crippen molar-refractivity contribution in [2.24, 2.45) is 0 Å². The summed E-state index contributed by atoms with van der Waals surface area (Å²) in [5.41, 5.74) is 0.994. The van der Waals surface area contributed by atoms with Crippen LogP contribution in [0.3, 0.4) is 0 Å². The van der Waals surface area contributed by atoms with E-state index in [0.717, 1.165) is 9.99 Å². The summed E-state index contributed by atoms with van der Waals surface area (Å²) < 4.78 is 6.29. The topological polar surface area (TPSA) is 9.23 Å². The minimum atomic E-state index is -0.0311. The SMILES string of the molecule is C#CCOC(CI)c1ccc(Cl)c(Cl)c1. The van der Waals surface area contributed by atoms with E-state index >= 15 is 0 Å². The summed E-state index contributed by atoms with van der Waals surface area (Å²) in [5.74, 6) is 2.44. The summed E-state index contributed by atoms with van der Waals surface area (Å²) in [6.45, 7) is 0.300. The molecule has 1 aromatic rings. The highest BCUT2D eigenvalue weighted by Crippen LogP contribution is 2.28. The fourth-order valence-corrected chi connectivity index (χ4v) is 2.16. The van der Waals surface area contributed by atoms with Gasteiger partial charge in [-0.3, -0.25) is 0 Å². The molecule has 0 spiro atoms. The van der Waals surface area contributed by atoms with Crippen LogP contribution < -0.4 is 0 Å². The van der Waals surface area contributed by atoms with Crippen LogP contribution in [0.25, 0.3) is 0 Å². The molecule has 1 nitrogen and oxygen atoms in total. The molecule has 15 heavy (non-hydrogen) atoms. The summed E-state index contributed by atoms with van der Waals surface area (Å²) in [7, 11) is 0. The van der Waals surface area contributed by atoms with Crippen molar-refractivity contribution < 1.29 is 4.74 Å².